The minimum absolute atomic E-state index is 0.114. The Morgan fingerprint density at radius 1 is 1.13 bits per heavy atom. The first-order valence-corrected chi connectivity index (χ1v) is 11.6. The van der Waals surface area contributed by atoms with Crippen LogP contribution in [0.15, 0.2) is 36.4 Å². The second-order valence-electron chi connectivity index (χ2n) is 10.1. The topological polar surface area (TPSA) is 67.4 Å². The van der Waals surface area contributed by atoms with Crippen molar-refractivity contribution in [2.75, 3.05) is 6.54 Å². The number of ether oxygens (including phenoxy) is 1. The van der Waals surface area contributed by atoms with Crippen LogP contribution in [-0.4, -0.2) is 24.0 Å². The number of benzene rings is 1. The molecule has 0 saturated heterocycles. The monoisotopic (exact) mass is 428 g/mol. The van der Waals surface area contributed by atoms with Crippen LogP contribution in [-0.2, 0) is 14.3 Å². The number of hydrogen-bond acceptors (Lipinski definition) is 4. The molecule has 1 unspecified atom stereocenters. The van der Waals surface area contributed by atoms with Crippen molar-refractivity contribution in [2.45, 2.75) is 72.3 Å². The molecule has 2 rings (SSSR count). The van der Waals surface area contributed by atoms with Crippen LogP contribution in [0, 0.1) is 23.7 Å². The van der Waals surface area contributed by atoms with Crippen molar-refractivity contribution in [3.63, 3.8) is 0 Å². The first kappa shape index (κ1) is 25.1. The van der Waals surface area contributed by atoms with Gasteiger partial charge in [0.15, 0.2) is 0 Å². The Kier molecular flexibility index (Phi) is 9.76. The van der Waals surface area contributed by atoms with E-state index in [4.69, 9.17) is 4.74 Å². The van der Waals surface area contributed by atoms with Gasteiger partial charge in [0.25, 0.3) is 0 Å². The van der Waals surface area contributed by atoms with E-state index in [1.54, 1.807) is 0 Å². The molecule has 31 heavy (non-hydrogen) atoms. The third-order valence-electron chi connectivity index (χ3n) is 5.57. The molecule has 172 valence electrons. The van der Waals surface area contributed by atoms with Crippen molar-refractivity contribution < 1.29 is 14.3 Å². The van der Waals surface area contributed by atoms with Crippen molar-refractivity contribution in [3.8, 4) is 0 Å². The van der Waals surface area contributed by atoms with Crippen LogP contribution in [0.3, 0.4) is 0 Å². The van der Waals surface area contributed by atoms with E-state index in [1.165, 1.54) is 6.42 Å². The molecule has 0 spiro atoms. The summed E-state index contributed by atoms with van der Waals surface area (Å²) in [4.78, 5) is 26.3. The quantitative estimate of drug-likeness (QED) is 0.379. The largest absolute Gasteiger partial charge is 0.460 e. The summed E-state index contributed by atoms with van der Waals surface area (Å²) in [5.74, 6) is -0.421. The molecule has 0 aromatic heterocycles. The van der Waals surface area contributed by atoms with Gasteiger partial charge in [0, 0.05) is 6.54 Å². The molecule has 1 amide bonds. The Balaban J connectivity index is 2.19. The SMILES string of the molecule is CC(C)CNNC(=O)C(CC1CCC1)[C@H](CC=Cc1ccccc1)C(=O)OC(C)(C)C. The minimum atomic E-state index is -0.591. The van der Waals surface area contributed by atoms with Crippen LogP contribution in [0.5, 0.6) is 0 Å². The van der Waals surface area contributed by atoms with Crippen LogP contribution in [0.1, 0.15) is 72.3 Å². The van der Waals surface area contributed by atoms with Gasteiger partial charge < -0.3 is 4.74 Å². The normalized spacial score (nSPS) is 16.7. The fraction of sp³-hybridized carbons (Fsp3) is 0.615. The maximum Gasteiger partial charge on any atom is 0.310 e. The number of nitrogens with one attached hydrogen (secondary N) is 2. The number of amides is 1. The second kappa shape index (κ2) is 12.0. The number of esters is 1. The molecule has 0 aliphatic heterocycles. The molecule has 0 radical (unpaired) electrons. The predicted molar refractivity (Wildman–Crippen MR) is 126 cm³/mol. The molecular weight excluding hydrogens is 388 g/mol. The lowest BCUT2D eigenvalue weighted by molar-refractivity contribution is -0.164. The van der Waals surface area contributed by atoms with Crippen molar-refractivity contribution >= 4 is 18.0 Å². The van der Waals surface area contributed by atoms with Gasteiger partial charge in [-0.05, 0) is 51.0 Å². The highest BCUT2D eigenvalue weighted by atomic mass is 16.6. The van der Waals surface area contributed by atoms with Crippen LogP contribution in [0.25, 0.3) is 6.08 Å². The van der Waals surface area contributed by atoms with E-state index in [1.807, 2.05) is 63.3 Å². The minimum Gasteiger partial charge on any atom is -0.460 e. The van der Waals surface area contributed by atoms with E-state index in [2.05, 4.69) is 24.7 Å². The first-order chi connectivity index (χ1) is 14.7. The molecule has 2 N–H and O–H groups in total. The van der Waals surface area contributed by atoms with E-state index in [0.29, 0.717) is 24.8 Å². The predicted octanol–water partition coefficient (Wildman–Crippen LogP) is 5.13. The molecule has 5 heteroatoms. The lowest BCUT2D eigenvalue weighted by Gasteiger charge is -2.33. The zero-order valence-corrected chi connectivity index (χ0v) is 19.8. The molecule has 1 fully saturated rings. The molecule has 5 nitrogen and oxygen atoms in total. The van der Waals surface area contributed by atoms with Gasteiger partial charge in [-0.1, -0.05) is 75.6 Å². The van der Waals surface area contributed by atoms with E-state index < -0.39 is 17.4 Å². The zero-order valence-electron chi connectivity index (χ0n) is 19.8. The standard InChI is InChI=1S/C26H40N2O3/c1-19(2)18-27-28-24(29)23(17-21-14-9-15-21)22(25(30)31-26(3,4)5)16-10-13-20-11-7-6-8-12-20/h6-8,10-13,19,21-23,27H,9,14-18H2,1-5H3,(H,28,29)/t22-,23?/m0/s1. The smallest absolute Gasteiger partial charge is 0.310 e. The van der Waals surface area contributed by atoms with Crippen molar-refractivity contribution in [2.24, 2.45) is 23.7 Å². The Hall–Kier alpha value is -2.14. The molecule has 1 aromatic rings. The van der Waals surface area contributed by atoms with Gasteiger partial charge in [0.05, 0.1) is 11.8 Å². The van der Waals surface area contributed by atoms with Crippen LogP contribution >= 0.6 is 0 Å². The number of carbonyl (C=O) groups excluding carboxylic acids is 2. The van der Waals surface area contributed by atoms with Gasteiger partial charge in [-0.3, -0.25) is 15.0 Å². The van der Waals surface area contributed by atoms with Gasteiger partial charge >= 0.3 is 5.97 Å². The Bertz CT molecular complexity index is 718. The van der Waals surface area contributed by atoms with Gasteiger partial charge in [-0.15, -0.1) is 0 Å². The number of hydrazine groups is 1. The Morgan fingerprint density at radius 3 is 2.35 bits per heavy atom. The maximum absolute atomic E-state index is 13.2. The first-order valence-electron chi connectivity index (χ1n) is 11.6. The number of rotatable bonds is 11. The van der Waals surface area contributed by atoms with Crippen molar-refractivity contribution in [3.05, 3.63) is 42.0 Å². The Labute approximate surface area is 188 Å². The maximum atomic E-state index is 13.2. The highest BCUT2D eigenvalue weighted by molar-refractivity contribution is 5.85. The molecule has 1 aromatic carbocycles. The molecule has 1 aliphatic carbocycles. The summed E-state index contributed by atoms with van der Waals surface area (Å²) in [5.41, 5.74) is 6.36. The molecule has 2 atom stereocenters. The van der Waals surface area contributed by atoms with E-state index in [0.717, 1.165) is 24.8 Å². The average Bonchev–Trinajstić information content (AvgIpc) is 2.64. The van der Waals surface area contributed by atoms with Crippen LogP contribution in [0.4, 0.5) is 0 Å². The lowest BCUT2D eigenvalue weighted by Crippen LogP contribution is -2.47. The fourth-order valence-corrected chi connectivity index (χ4v) is 3.69. The summed E-state index contributed by atoms with van der Waals surface area (Å²) in [6.07, 6.45) is 8.65. The van der Waals surface area contributed by atoms with Crippen LogP contribution < -0.4 is 10.9 Å². The third kappa shape index (κ3) is 9.26. The van der Waals surface area contributed by atoms with E-state index in [9.17, 15) is 9.59 Å². The summed E-state index contributed by atoms with van der Waals surface area (Å²) in [6, 6.07) is 9.99. The zero-order chi connectivity index (χ0) is 22.9. The van der Waals surface area contributed by atoms with Crippen LogP contribution in [0.2, 0.25) is 0 Å². The number of allylic oxidation sites excluding steroid dienone is 1. The summed E-state index contributed by atoms with van der Waals surface area (Å²) in [7, 11) is 0. The summed E-state index contributed by atoms with van der Waals surface area (Å²) in [6.45, 7) is 10.5. The lowest BCUT2D eigenvalue weighted by atomic mass is 9.74. The van der Waals surface area contributed by atoms with E-state index >= 15 is 0 Å². The van der Waals surface area contributed by atoms with Crippen molar-refractivity contribution in [1.29, 1.82) is 0 Å². The molecule has 1 aliphatic rings. The number of hydrogen-bond donors (Lipinski definition) is 2. The van der Waals surface area contributed by atoms with Crippen molar-refractivity contribution in [1.82, 2.24) is 10.9 Å². The third-order valence-corrected chi connectivity index (χ3v) is 5.57. The molecule has 0 heterocycles. The highest BCUT2D eigenvalue weighted by Gasteiger charge is 2.38. The molecule has 1 saturated carbocycles. The van der Waals surface area contributed by atoms with Gasteiger partial charge in [-0.2, -0.15) is 0 Å². The summed E-state index contributed by atoms with van der Waals surface area (Å²) >= 11 is 0. The highest BCUT2D eigenvalue weighted by Crippen LogP contribution is 2.36. The average molecular weight is 429 g/mol. The Morgan fingerprint density at radius 2 is 1.81 bits per heavy atom. The van der Waals surface area contributed by atoms with Gasteiger partial charge in [0.1, 0.15) is 5.60 Å². The number of carbonyl (C=O) groups is 2. The summed E-state index contributed by atoms with van der Waals surface area (Å²) in [5, 5.41) is 0. The van der Waals surface area contributed by atoms with Gasteiger partial charge in [0.2, 0.25) is 5.91 Å². The fourth-order valence-electron chi connectivity index (χ4n) is 3.69. The second-order valence-corrected chi connectivity index (χ2v) is 10.1. The molecular formula is C26H40N2O3. The van der Waals surface area contributed by atoms with Gasteiger partial charge in [-0.25, -0.2) is 5.43 Å². The molecule has 0 bridgehead atoms. The summed E-state index contributed by atoms with van der Waals surface area (Å²) < 4.78 is 5.74. The van der Waals surface area contributed by atoms with E-state index in [-0.39, 0.29) is 11.9 Å².